The first-order chi connectivity index (χ1) is 8.37. The molecule has 2 fully saturated rings. The molecule has 0 heterocycles. The molecule has 0 radical (unpaired) electrons. The predicted molar refractivity (Wildman–Crippen MR) is 67.1 cm³/mol. The van der Waals surface area contributed by atoms with Crippen LogP contribution in [0.3, 0.4) is 0 Å². The molecule has 2 saturated carbocycles. The second kappa shape index (κ2) is 4.38. The highest BCUT2D eigenvalue weighted by atomic mass is 31.3. The van der Waals surface area contributed by atoms with E-state index >= 15 is 0 Å². The molecule has 0 amide bonds. The van der Waals surface area contributed by atoms with Crippen LogP contribution in [0.1, 0.15) is 40.0 Å². The minimum atomic E-state index is -5.05. The molecule has 0 aromatic rings. The molecule has 112 valence electrons. The van der Waals surface area contributed by atoms with Crippen molar-refractivity contribution in [3.05, 3.63) is 0 Å². The summed E-state index contributed by atoms with van der Waals surface area (Å²) in [5, 5.41) is 0. The van der Waals surface area contributed by atoms with Crippen LogP contribution in [0.15, 0.2) is 0 Å². The van der Waals surface area contributed by atoms with E-state index in [0.29, 0.717) is 12.3 Å². The fraction of sp³-hybridized carbons (Fsp3) is 1.00. The van der Waals surface area contributed by atoms with Gasteiger partial charge in [0.15, 0.2) is 0 Å². The van der Waals surface area contributed by atoms with Gasteiger partial charge in [-0.2, -0.15) is 4.31 Å². The maximum Gasteiger partial charge on any atom is 0.481 e. The van der Waals surface area contributed by atoms with Crippen LogP contribution in [0.25, 0.3) is 0 Å². The summed E-state index contributed by atoms with van der Waals surface area (Å²) in [5.41, 5.74) is -0.311. The van der Waals surface area contributed by atoms with E-state index in [0.717, 1.165) is 12.8 Å². The number of hydrogen-bond acceptors (Lipinski definition) is 4. The smallest absolute Gasteiger partial charge is 0.302 e. The third-order valence-electron chi connectivity index (χ3n) is 5.18. The Hall–Kier alpha value is 0.260. The number of fused-ring (bicyclic) bond motifs is 2. The normalized spacial score (nSPS) is 40.3. The van der Waals surface area contributed by atoms with Gasteiger partial charge in [-0.1, -0.05) is 20.8 Å². The summed E-state index contributed by atoms with van der Waals surface area (Å²) in [7, 11) is -9.81. The van der Waals surface area contributed by atoms with Crippen molar-refractivity contribution in [3.63, 3.8) is 0 Å². The molecule has 3 N–H and O–H groups in total. The molecular weight excluding hydrogens is 294 g/mol. The largest absolute Gasteiger partial charge is 0.481 e. The highest BCUT2D eigenvalue weighted by Crippen LogP contribution is 2.69. The minimum Gasteiger partial charge on any atom is -0.302 e. The monoisotopic (exact) mass is 314 g/mol. The molecule has 2 aliphatic rings. The molecule has 2 bridgehead atoms. The second-order valence-corrected chi connectivity index (χ2v) is 9.03. The zero-order valence-corrected chi connectivity index (χ0v) is 12.9. The Balaban J connectivity index is 2.14. The number of phosphoric ester groups is 1. The molecular formula is C10H20O7P2. The van der Waals surface area contributed by atoms with Gasteiger partial charge >= 0.3 is 15.6 Å². The van der Waals surface area contributed by atoms with E-state index in [1.807, 2.05) is 6.92 Å². The van der Waals surface area contributed by atoms with Crippen LogP contribution in [0.4, 0.5) is 0 Å². The quantitative estimate of drug-likeness (QED) is 0.683. The Morgan fingerprint density at radius 3 is 2.11 bits per heavy atom. The van der Waals surface area contributed by atoms with E-state index in [-0.39, 0.29) is 10.8 Å². The summed E-state index contributed by atoms with van der Waals surface area (Å²) in [6.45, 7) is 6.18. The molecule has 2 aliphatic carbocycles. The molecule has 1 unspecified atom stereocenters. The number of rotatable bonds is 4. The topological polar surface area (TPSA) is 113 Å². The zero-order valence-electron chi connectivity index (χ0n) is 11.1. The predicted octanol–water partition coefficient (Wildman–Crippen LogP) is 2.43. The van der Waals surface area contributed by atoms with E-state index in [1.54, 1.807) is 0 Å². The Morgan fingerprint density at radius 1 is 1.16 bits per heavy atom. The van der Waals surface area contributed by atoms with Crippen LogP contribution in [0, 0.1) is 16.7 Å². The van der Waals surface area contributed by atoms with Gasteiger partial charge in [0.1, 0.15) is 0 Å². The van der Waals surface area contributed by atoms with Crippen molar-refractivity contribution in [3.8, 4) is 0 Å². The average Bonchev–Trinajstić information content (AvgIpc) is 2.45. The Morgan fingerprint density at radius 2 is 1.74 bits per heavy atom. The molecule has 0 aromatic heterocycles. The van der Waals surface area contributed by atoms with E-state index in [2.05, 4.69) is 18.2 Å². The fourth-order valence-corrected chi connectivity index (χ4v) is 5.47. The summed E-state index contributed by atoms with van der Waals surface area (Å²) in [6, 6.07) is 0. The molecule has 9 heteroatoms. The Bertz CT molecular complexity index is 470. The van der Waals surface area contributed by atoms with Gasteiger partial charge in [0, 0.05) is 0 Å². The first-order valence-corrected chi connectivity index (χ1v) is 9.18. The van der Waals surface area contributed by atoms with Crippen molar-refractivity contribution in [2.45, 2.75) is 46.1 Å². The summed E-state index contributed by atoms with van der Waals surface area (Å²) in [5.74, 6) is 0.387. The fourth-order valence-electron chi connectivity index (χ4n) is 3.60. The third kappa shape index (κ3) is 2.70. The minimum absolute atomic E-state index is 0.0280. The Labute approximate surface area is 112 Å². The van der Waals surface area contributed by atoms with Gasteiger partial charge in [0.25, 0.3) is 0 Å². The molecule has 0 spiro atoms. The molecule has 4 atom stereocenters. The SMILES string of the molecule is CC1(C)[C@@H]2CC[C@@]1(C)[C@@H](OP(=O)(O)OP(=O)(O)O)C2. The first kappa shape index (κ1) is 15.6. The number of phosphoric acid groups is 2. The van der Waals surface area contributed by atoms with Crippen LogP contribution >= 0.6 is 15.6 Å². The van der Waals surface area contributed by atoms with Gasteiger partial charge in [-0.3, -0.25) is 4.52 Å². The lowest BCUT2D eigenvalue weighted by Gasteiger charge is -2.38. The summed E-state index contributed by atoms with van der Waals surface area (Å²) in [6.07, 6.45) is 1.99. The molecule has 0 aromatic carbocycles. The zero-order chi connectivity index (χ0) is 14.7. The van der Waals surface area contributed by atoms with Crippen molar-refractivity contribution in [2.24, 2.45) is 16.7 Å². The van der Waals surface area contributed by atoms with Crippen LogP contribution in [0.2, 0.25) is 0 Å². The second-order valence-electron chi connectivity index (χ2n) is 6.25. The van der Waals surface area contributed by atoms with Gasteiger partial charge in [-0.05, 0) is 36.0 Å². The third-order valence-corrected chi connectivity index (χ3v) is 7.38. The first-order valence-electron chi connectivity index (χ1n) is 6.15. The molecule has 7 nitrogen and oxygen atoms in total. The van der Waals surface area contributed by atoms with E-state index in [4.69, 9.17) is 14.3 Å². The maximum atomic E-state index is 11.6. The van der Waals surface area contributed by atoms with Crippen molar-refractivity contribution >= 4 is 15.6 Å². The van der Waals surface area contributed by atoms with E-state index in [1.165, 1.54) is 0 Å². The van der Waals surface area contributed by atoms with E-state index < -0.39 is 21.7 Å². The van der Waals surface area contributed by atoms with Crippen molar-refractivity contribution in [1.82, 2.24) is 0 Å². The van der Waals surface area contributed by atoms with E-state index in [9.17, 15) is 14.0 Å². The van der Waals surface area contributed by atoms with Crippen LogP contribution < -0.4 is 0 Å². The maximum absolute atomic E-state index is 11.6. The molecule has 0 saturated heterocycles. The van der Waals surface area contributed by atoms with Gasteiger partial charge in [0.2, 0.25) is 0 Å². The summed E-state index contributed by atoms with van der Waals surface area (Å²) in [4.78, 5) is 26.6. The highest BCUT2D eigenvalue weighted by molar-refractivity contribution is 7.60. The summed E-state index contributed by atoms with van der Waals surface area (Å²) >= 11 is 0. The van der Waals surface area contributed by atoms with Gasteiger partial charge < -0.3 is 14.7 Å². The average molecular weight is 314 g/mol. The summed E-state index contributed by atoms with van der Waals surface area (Å²) < 4.78 is 31.2. The molecule has 2 rings (SSSR count). The number of hydrogen-bond donors (Lipinski definition) is 3. The lowest BCUT2D eigenvalue weighted by Crippen LogP contribution is -2.36. The van der Waals surface area contributed by atoms with Crippen LogP contribution in [-0.4, -0.2) is 20.8 Å². The van der Waals surface area contributed by atoms with Gasteiger partial charge in [-0.25, -0.2) is 9.13 Å². The van der Waals surface area contributed by atoms with Crippen LogP contribution in [-0.2, 0) is 18.0 Å². The lowest BCUT2D eigenvalue weighted by atomic mass is 9.70. The molecule has 19 heavy (non-hydrogen) atoms. The Kier molecular flexibility index (Phi) is 3.60. The van der Waals surface area contributed by atoms with Gasteiger partial charge in [-0.15, -0.1) is 0 Å². The van der Waals surface area contributed by atoms with Crippen molar-refractivity contribution in [1.29, 1.82) is 0 Å². The van der Waals surface area contributed by atoms with Crippen LogP contribution in [0.5, 0.6) is 0 Å². The van der Waals surface area contributed by atoms with Crippen molar-refractivity contribution < 1.29 is 32.6 Å². The highest BCUT2D eigenvalue weighted by Gasteiger charge is 2.63. The lowest BCUT2D eigenvalue weighted by molar-refractivity contribution is 0.0107. The standard InChI is InChI=1S/C10H20O7P2/c1-9(2)7-4-5-10(9,3)8(6-7)16-19(14,15)17-18(11,12)13/h7-8H,4-6H2,1-3H3,(H,14,15)(H2,11,12,13)/t7-,8+,10+/m1/s1. The molecule has 0 aliphatic heterocycles. The van der Waals surface area contributed by atoms with Crippen molar-refractivity contribution in [2.75, 3.05) is 0 Å². The van der Waals surface area contributed by atoms with Gasteiger partial charge in [0.05, 0.1) is 6.10 Å².